The molecule has 0 fully saturated rings. The molecule has 356 valence electrons. The van der Waals surface area contributed by atoms with Crippen LogP contribution in [0, 0.1) is 26.2 Å². The summed E-state index contributed by atoms with van der Waals surface area (Å²) < 4.78 is 27.6. The molecule has 18 heteroatoms. The largest absolute Gasteiger partial charge is 0.529 e. The van der Waals surface area contributed by atoms with Gasteiger partial charge in [0, 0.05) is 34.1 Å². The average Bonchev–Trinajstić information content (AvgIpc) is 3.33. The highest BCUT2D eigenvalue weighted by Gasteiger charge is 2.35. The van der Waals surface area contributed by atoms with Gasteiger partial charge in [0.25, 0.3) is 0 Å². The van der Waals surface area contributed by atoms with E-state index >= 15 is 0 Å². The minimum absolute atomic E-state index is 0.150. The SMILES string of the molecule is CCC(COC(=O)Nc1ccc(C)c(NC(=O)Oc2ccccc2)c1)(COC(=O)Nc1ccc(C)c(NC(=O)Oc2ccccc2)c1)COC(=O)Nc1ccc(C)c(N(C(=O)[O-])c2ccccc2)c1. The Kier molecular flexibility index (Phi) is 16.8. The fourth-order valence-electron chi connectivity index (χ4n) is 6.53. The third kappa shape index (κ3) is 14.5. The molecule has 0 aromatic heterocycles. The summed E-state index contributed by atoms with van der Waals surface area (Å²) >= 11 is 0. The topological polar surface area (TPSA) is 235 Å². The molecule has 18 nitrogen and oxygen atoms in total. The van der Waals surface area contributed by atoms with Crippen LogP contribution < -0.4 is 46.1 Å². The molecule has 0 spiro atoms. The van der Waals surface area contributed by atoms with Crippen LogP contribution in [0.5, 0.6) is 11.5 Å². The normalized spacial score (nSPS) is 10.7. The van der Waals surface area contributed by atoms with Gasteiger partial charge in [-0.05, 0) is 117 Å². The van der Waals surface area contributed by atoms with Crippen molar-refractivity contribution in [2.75, 3.05) is 51.3 Å². The number of anilines is 7. The number of hydrogen-bond acceptors (Lipinski definition) is 12. The van der Waals surface area contributed by atoms with Crippen LogP contribution in [-0.4, -0.2) is 56.4 Å². The first-order valence-corrected chi connectivity index (χ1v) is 21.5. The van der Waals surface area contributed by atoms with Gasteiger partial charge in [-0.1, -0.05) is 79.7 Å². The molecule has 0 radical (unpaired) electrons. The lowest BCUT2D eigenvalue weighted by atomic mass is 9.88. The number of benzene rings is 6. The van der Waals surface area contributed by atoms with Crippen molar-refractivity contribution in [3.63, 3.8) is 0 Å². The smallest absolute Gasteiger partial charge is 0.417 e. The molecule has 0 atom stereocenters. The number of aryl methyl sites for hydroxylation is 3. The summed E-state index contributed by atoms with van der Waals surface area (Å²) in [5.74, 6) is 0.668. The van der Waals surface area contributed by atoms with Crippen LogP contribution in [0.3, 0.4) is 0 Å². The van der Waals surface area contributed by atoms with Crippen molar-refractivity contribution in [2.45, 2.75) is 34.1 Å². The van der Waals surface area contributed by atoms with E-state index < -0.39 is 61.8 Å². The molecule has 6 aromatic carbocycles. The third-order valence-electron chi connectivity index (χ3n) is 10.5. The second kappa shape index (κ2) is 23.4. The molecule has 0 unspecified atom stereocenters. The van der Waals surface area contributed by atoms with E-state index in [1.807, 2.05) is 0 Å². The first kappa shape index (κ1) is 49.4. The molecule has 0 bridgehead atoms. The predicted octanol–water partition coefficient (Wildman–Crippen LogP) is 10.8. The molecule has 0 aliphatic rings. The van der Waals surface area contributed by atoms with Crippen LogP contribution >= 0.6 is 0 Å². The minimum atomic E-state index is -1.49. The molecular weight excluding hydrogens is 889 g/mol. The Labute approximate surface area is 397 Å². The van der Waals surface area contributed by atoms with Gasteiger partial charge in [0.05, 0.1) is 11.1 Å². The summed E-state index contributed by atoms with van der Waals surface area (Å²) in [7, 11) is 0. The van der Waals surface area contributed by atoms with Crippen LogP contribution in [0.4, 0.5) is 68.6 Å². The van der Waals surface area contributed by atoms with Gasteiger partial charge in [-0.25, -0.2) is 24.0 Å². The number of carbonyl (C=O) groups excluding carboxylic acids is 6. The van der Waals surface area contributed by atoms with Crippen molar-refractivity contribution in [1.82, 2.24) is 0 Å². The minimum Gasteiger partial charge on any atom is -0.529 e. The van der Waals surface area contributed by atoms with Crippen LogP contribution in [-0.2, 0) is 14.2 Å². The summed E-state index contributed by atoms with van der Waals surface area (Å²) in [6.07, 6.45) is -5.63. The highest BCUT2D eigenvalue weighted by molar-refractivity contribution is 5.96. The second-order valence-electron chi connectivity index (χ2n) is 15.6. The zero-order chi connectivity index (χ0) is 49.3. The highest BCUT2D eigenvalue weighted by atomic mass is 16.6. The average molecular weight is 938 g/mol. The Morgan fingerprint density at radius 3 is 1.25 bits per heavy atom. The molecule has 0 heterocycles. The zero-order valence-corrected chi connectivity index (χ0v) is 38.0. The van der Waals surface area contributed by atoms with E-state index in [1.54, 1.807) is 155 Å². The van der Waals surface area contributed by atoms with Gasteiger partial charge in [-0.3, -0.25) is 31.5 Å². The highest BCUT2D eigenvalue weighted by Crippen LogP contribution is 2.32. The molecule has 6 aromatic rings. The molecule has 6 rings (SSSR count). The number of amides is 6. The van der Waals surface area contributed by atoms with E-state index in [0.29, 0.717) is 45.3 Å². The van der Waals surface area contributed by atoms with E-state index in [4.69, 9.17) is 23.7 Å². The monoisotopic (exact) mass is 937 g/mol. The van der Waals surface area contributed by atoms with Crippen molar-refractivity contribution in [3.05, 3.63) is 162 Å². The molecular formula is C51H49N6O12-. The van der Waals surface area contributed by atoms with Crippen LogP contribution in [0.15, 0.2) is 146 Å². The predicted molar refractivity (Wildman–Crippen MR) is 257 cm³/mol. The Hall–Kier alpha value is -9.06. The molecule has 0 saturated carbocycles. The number of nitrogens with zero attached hydrogens (tertiary/aromatic N) is 1. The summed E-state index contributed by atoms with van der Waals surface area (Å²) in [6, 6.07) is 39.4. The lowest BCUT2D eigenvalue weighted by Crippen LogP contribution is -2.40. The number of carboxylic acid groups (broad SMARTS) is 1. The van der Waals surface area contributed by atoms with Gasteiger partial charge in [0.2, 0.25) is 0 Å². The van der Waals surface area contributed by atoms with Crippen molar-refractivity contribution in [1.29, 1.82) is 0 Å². The van der Waals surface area contributed by atoms with E-state index in [2.05, 4.69) is 26.6 Å². The second-order valence-corrected chi connectivity index (χ2v) is 15.6. The number of rotatable bonds is 16. The van der Waals surface area contributed by atoms with Gasteiger partial charge in [0.1, 0.15) is 37.4 Å². The number of para-hydroxylation sites is 3. The number of hydrogen-bond donors (Lipinski definition) is 5. The third-order valence-corrected chi connectivity index (χ3v) is 10.5. The van der Waals surface area contributed by atoms with E-state index in [1.165, 1.54) is 18.2 Å². The van der Waals surface area contributed by atoms with E-state index in [9.17, 15) is 33.9 Å². The van der Waals surface area contributed by atoms with Crippen molar-refractivity contribution in [3.8, 4) is 11.5 Å². The van der Waals surface area contributed by atoms with Crippen molar-refractivity contribution >= 4 is 76.4 Å². The first-order chi connectivity index (χ1) is 33.2. The van der Waals surface area contributed by atoms with Crippen LogP contribution in [0.1, 0.15) is 30.0 Å². The van der Waals surface area contributed by atoms with Gasteiger partial charge >= 0.3 is 30.5 Å². The number of carbonyl (C=O) groups is 6. The van der Waals surface area contributed by atoms with Gasteiger partial charge in [-0.2, -0.15) is 0 Å². The maximum Gasteiger partial charge on any atom is 0.417 e. The Bertz CT molecular complexity index is 2650. The van der Waals surface area contributed by atoms with Gasteiger partial charge in [0.15, 0.2) is 0 Å². The summed E-state index contributed by atoms with van der Waals surface area (Å²) in [5.41, 5.74) is 2.57. The Morgan fingerprint density at radius 2 is 0.855 bits per heavy atom. The fourth-order valence-corrected chi connectivity index (χ4v) is 6.53. The summed E-state index contributed by atoms with van der Waals surface area (Å²) in [6.45, 7) is 5.64. The Balaban J connectivity index is 1.14. The summed E-state index contributed by atoms with van der Waals surface area (Å²) in [4.78, 5) is 78.5. The molecule has 0 saturated heterocycles. The number of nitrogens with one attached hydrogen (secondary N) is 5. The van der Waals surface area contributed by atoms with E-state index in [-0.39, 0.29) is 29.2 Å². The molecule has 0 aliphatic carbocycles. The van der Waals surface area contributed by atoms with E-state index in [0.717, 1.165) is 4.90 Å². The quantitative estimate of drug-likeness (QED) is 0.0570. The first-order valence-electron chi connectivity index (χ1n) is 21.5. The molecule has 69 heavy (non-hydrogen) atoms. The van der Waals surface area contributed by atoms with Crippen molar-refractivity contribution in [2.24, 2.45) is 5.41 Å². The lowest BCUT2D eigenvalue weighted by molar-refractivity contribution is -0.245. The van der Waals surface area contributed by atoms with Gasteiger partial charge < -0.3 is 33.6 Å². The van der Waals surface area contributed by atoms with Gasteiger partial charge in [-0.15, -0.1) is 0 Å². The maximum atomic E-state index is 13.4. The van der Waals surface area contributed by atoms with Crippen molar-refractivity contribution < 1.29 is 57.6 Å². The fraction of sp³-hybridized carbons (Fsp3) is 0.176. The molecule has 6 amide bonds. The maximum absolute atomic E-state index is 13.4. The van der Waals surface area contributed by atoms with Crippen LogP contribution in [0.2, 0.25) is 0 Å². The standard InChI is InChI=1S/C51H50N6O12/c1-5-51(30-65-45(58)52-36-24-21-33(2)42(27-36)55-48(61)68-40-17-11-7-12-18-40,31-66-46(59)53-37-25-22-34(3)43(28-37)56-49(62)69-41-19-13-8-14-20-41)32-67-47(60)54-38-26-23-35(4)44(29-38)57(50(63)64)39-15-9-6-10-16-39/h6-29H,5,30-32H2,1-4H3,(H,52,58)(H,53,59)(H,54,60)(H,55,61)(H,56,62)(H,63,64)/p-1. The molecule has 5 N–H and O–H groups in total. The van der Waals surface area contributed by atoms with Crippen LogP contribution in [0.25, 0.3) is 0 Å². The lowest BCUT2D eigenvalue weighted by Gasteiger charge is -2.31. The Morgan fingerprint density at radius 1 is 0.478 bits per heavy atom. The summed E-state index contributed by atoms with van der Waals surface area (Å²) in [5, 5.41) is 25.4. The number of ether oxygens (including phenoxy) is 5. The zero-order valence-electron chi connectivity index (χ0n) is 38.0. The molecule has 0 aliphatic heterocycles.